The van der Waals surface area contributed by atoms with Crippen molar-refractivity contribution in [2.24, 2.45) is 0 Å². The molecule has 0 saturated heterocycles. The fourth-order valence-corrected chi connectivity index (χ4v) is 4.36. The zero-order valence-corrected chi connectivity index (χ0v) is 16.9. The van der Waals surface area contributed by atoms with Gasteiger partial charge in [-0.05, 0) is 24.6 Å². The van der Waals surface area contributed by atoms with E-state index in [9.17, 15) is 21.6 Å². The Labute approximate surface area is 167 Å². The van der Waals surface area contributed by atoms with Crippen molar-refractivity contribution < 1.29 is 25.8 Å². The number of hydrogen-bond acceptors (Lipinski definition) is 4. The molecule has 0 aliphatic heterocycles. The van der Waals surface area contributed by atoms with Crippen molar-refractivity contribution in [1.29, 1.82) is 0 Å². The van der Waals surface area contributed by atoms with Crippen LogP contribution in [0.5, 0.6) is 0 Å². The minimum Gasteiger partial charge on any atom is -0.377 e. The molecule has 1 atom stereocenters. The SMILES string of the molecule is Cc1ccc(C(OS(=O)(=O)c2cccc3c(N(C)C)cccc23)C(F)(F)F)cc1. The predicted molar refractivity (Wildman–Crippen MR) is 107 cm³/mol. The molecule has 8 heteroatoms. The molecule has 0 N–H and O–H groups in total. The number of alkyl halides is 3. The highest BCUT2D eigenvalue weighted by atomic mass is 32.2. The average Bonchev–Trinajstić information content (AvgIpc) is 2.65. The number of anilines is 1. The number of hydrogen-bond donors (Lipinski definition) is 0. The Morgan fingerprint density at radius 2 is 1.48 bits per heavy atom. The first-order valence-corrected chi connectivity index (χ1v) is 10.2. The van der Waals surface area contributed by atoms with Gasteiger partial charge in [0, 0.05) is 30.6 Å². The standard InChI is InChI=1S/C21H20F3NO3S/c1-14-10-12-15(13-11-14)20(21(22,23)24)28-29(26,27)19-9-5-6-16-17(19)7-4-8-18(16)25(2)3/h4-13,20H,1-3H3. The molecule has 29 heavy (non-hydrogen) atoms. The maximum atomic E-state index is 13.6. The number of rotatable bonds is 5. The van der Waals surface area contributed by atoms with Crippen LogP contribution in [0.25, 0.3) is 10.8 Å². The summed E-state index contributed by atoms with van der Waals surface area (Å²) in [6.45, 7) is 1.72. The molecule has 0 saturated carbocycles. The van der Waals surface area contributed by atoms with Crippen molar-refractivity contribution in [3.05, 3.63) is 71.8 Å². The van der Waals surface area contributed by atoms with Crippen molar-refractivity contribution in [3.8, 4) is 0 Å². The van der Waals surface area contributed by atoms with E-state index in [4.69, 9.17) is 4.18 Å². The predicted octanol–water partition coefficient (Wildman–Crippen LogP) is 5.22. The largest absolute Gasteiger partial charge is 0.420 e. The van der Waals surface area contributed by atoms with Crippen LogP contribution in [-0.2, 0) is 14.3 Å². The van der Waals surface area contributed by atoms with Gasteiger partial charge in [0.25, 0.3) is 10.1 Å². The van der Waals surface area contributed by atoms with Crippen LogP contribution in [0, 0.1) is 6.92 Å². The molecule has 3 rings (SSSR count). The van der Waals surface area contributed by atoms with E-state index in [1.54, 1.807) is 50.2 Å². The van der Waals surface area contributed by atoms with E-state index in [0.29, 0.717) is 10.8 Å². The second-order valence-electron chi connectivity index (χ2n) is 6.91. The molecule has 154 valence electrons. The molecule has 0 aliphatic carbocycles. The van der Waals surface area contributed by atoms with Gasteiger partial charge in [0.2, 0.25) is 0 Å². The van der Waals surface area contributed by atoms with Crippen molar-refractivity contribution in [2.75, 3.05) is 19.0 Å². The van der Waals surface area contributed by atoms with Crippen molar-refractivity contribution >= 4 is 26.6 Å². The van der Waals surface area contributed by atoms with Gasteiger partial charge in [-0.2, -0.15) is 21.6 Å². The van der Waals surface area contributed by atoms with E-state index in [-0.39, 0.29) is 10.5 Å². The average molecular weight is 423 g/mol. The molecule has 4 nitrogen and oxygen atoms in total. The Morgan fingerprint density at radius 3 is 2.07 bits per heavy atom. The summed E-state index contributed by atoms with van der Waals surface area (Å²) in [5.74, 6) is 0. The third kappa shape index (κ3) is 4.38. The van der Waals surface area contributed by atoms with Crippen molar-refractivity contribution in [3.63, 3.8) is 0 Å². The Kier molecular flexibility index (Phi) is 5.60. The number of fused-ring (bicyclic) bond motifs is 1. The summed E-state index contributed by atoms with van der Waals surface area (Å²) < 4.78 is 71.5. The topological polar surface area (TPSA) is 46.6 Å². The van der Waals surface area contributed by atoms with Gasteiger partial charge in [-0.15, -0.1) is 0 Å². The van der Waals surface area contributed by atoms with E-state index in [0.717, 1.165) is 11.3 Å². The first-order chi connectivity index (χ1) is 13.5. The van der Waals surface area contributed by atoms with E-state index >= 15 is 0 Å². The van der Waals surface area contributed by atoms with Gasteiger partial charge in [0.15, 0.2) is 6.10 Å². The summed E-state index contributed by atoms with van der Waals surface area (Å²) in [5, 5.41) is 0.893. The molecule has 0 aliphatic rings. The molecular formula is C21H20F3NO3S. The molecule has 0 radical (unpaired) electrons. The lowest BCUT2D eigenvalue weighted by Gasteiger charge is -2.22. The van der Waals surface area contributed by atoms with E-state index < -0.39 is 22.4 Å². The zero-order valence-electron chi connectivity index (χ0n) is 16.1. The zero-order chi connectivity index (χ0) is 21.4. The maximum absolute atomic E-state index is 13.6. The van der Waals surface area contributed by atoms with Gasteiger partial charge < -0.3 is 4.90 Å². The summed E-state index contributed by atoms with van der Waals surface area (Å²) in [6, 6.07) is 14.8. The quantitative estimate of drug-likeness (QED) is 0.528. The number of aryl methyl sites for hydroxylation is 1. The van der Waals surface area contributed by atoms with E-state index in [2.05, 4.69) is 0 Å². The molecule has 0 fully saturated rings. The number of nitrogens with zero attached hydrogens (tertiary/aromatic N) is 1. The summed E-state index contributed by atoms with van der Waals surface area (Å²) in [6.07, 6.45) is -7.50. The monoisotopic (exact) mass is 423 g/mol. The third-order valence-corrected chi connectivity index (χ3v) is 5.85. The van der Waals surface area contributed by atoms with Gasteiger partial charge in [-0.25, -0.2) is 4.18 Å². The molecule has 3 aromatic carbocycles. The molecular weight excluding hydrogens is 403 g/mol. The highest BCUT2D eigenvalue weighted by Crippen LogP contribution is 2.39. The van der Waals surface area contributed by atoms with Crippen molar-refractivity contribution in [2.45, 2.75) is 24.1 Å². The minimum absolute atomic E-state index is 0.277. The van der Waals surface area contributed by atoms with Gasteiger partial charge >= 0.3 is 6.18 Å². The van der Waals surface area contributed by atoms with Crippen molar-refractivity contribution in [1.82, 2.24) is 0 Å². The van der Waals surface area contributed by atoms with Crippen LogP contribution in [0.1, 0.15) is 17.2 Å². The molecule has 0 spiro atoms. The first kappa shape index (κ1) is 21.1. The Balaban J connectivity index is 2.11. The number of benzene rings is 3. The Bertz CT molecular complexity index is 1120. The fraction of sp³-hybridized carbons (Fsp3) is 0.238. The second-order valence-corrected chi connectivity index (χ2v) is 8.45. The van der Waals surface area contributed by atoms with Crippen LogP contribution in [0.3, 0.4) is 0 Å². The molecule has 0 amide bonds. The first-order valence-electron chi connectivity index (χ1n) is 8.76. The highest BCUT2D eigenvalue weighted by molar-refractivity contribution is 7.87. The maximum Gasteiger partial charge on any atom is 0.420 e. The molecule has 3 aromatic rings. The minimum atomic E-state index is -4.90. The summed E-state index contributed by atoms with van der Waals surface area (Å²) in [5.41, 5.74) is 1.22. The van der Waals surface area contributed by atoms with Crippen LogP contribution >= 0.6 is 0 Å². The van der Waals surface area contributed by atoms with Crippen LogP contribution in [0.4, 0.5) is 18.9 Å². The Hall–Kier alpha value is -2.58. The van der Waals surface area contributed by atoms with Crippen LogP contribution < -0.4 is 4.90 Å². The molecule has 0 heterocycles. The van der Waals surface area contributed by atoms with E-state index in [1.165, 1.54) is 36.4 Å². The lowest BCUT2D eigenvalue weighted by molar-refractivity contribution is -0.196. The smallest absolute Gasteiger partial charge is 0.377 e. The molecule has 0 bridgehead atoms. The van der Waals surface area contributed by atoms with Gasteiger partial charge in [0.1, 0.15) is 4.90 Å². The van der Waals surface area contributed by atoms with Gasteiger partial charge in [0.05, 0.1) is 0 Å². The summed E-state index contributed by atoms with van der Waals surface area (Å²) in [4.78, 5) is 1.49. The van der Waals surface area contributed by atoms with E-state index in [1.807, 2.05) is 0 Å². The molecule has 1 unspecified atom stereocenters. The lowest BCUT2D eigenvalue weighted by atomic mass is 10.1. The lowest BCUT2D eigenvalue weighted by Crippen LogP contribution is -2.26. The third-order valence-electron chi connectivity index (χ3n) is 4.51. The van der Waals surface area contributed by atoms with Crippen LogP contribution in [0.15, 0.2) is 65.6 Å². The van der Waals surface area contributed by atoms with Gasteiger partial charge in [-0.3, -0.25) is 0 Å². The summed E-state index contributed by atoms with van der Waals surface area (Å²) in [7, 11) is -1.12. The molecule has 0 aromatic heterocycles. The number of halogens is 3. The van der Waals surface area contributed by atoms with Gasteiger partial charge in [-0.1, -0.05) is 54.1 Å². The highest BCUT2D eigenvalue weighted by Gasteiger charge is 2.45. The second kappa shape index (κ2) is 7.68. The summed E-state index contributed by atoms with van der Waals surface area (Å²) >= 11 is 0. The Morgan fingerprint density at radius 1 is 0.897 bits per heavy atom. The van der Waals surface area contributed by atoms with Crippen LogP contribution in [0.2, 0.25) is 0 Å². The van der Waals surface area contributed by atoms with Crippen LogP contribution in [-0.4, -0.2) is 28.7 Å². The normalized spacial score (nSPS) is 13.4. The fourth-order valence-electron chi connectivity index (χ4n) is 3.09.